The number of methoxy groups -OCH3 is 1. The zero-order valence-corrected chi connectivity index (χ0v) is 12.6. The lowest BCUT2D eigenvalue weighted by atomic mass is 10.1. The number of benzene rings is 2. The van der Waals surface area contributed by atoms with Crippen molar-refractivity contribution in [1.82, 2.24) is 15.3 Å². The third-order valence-corrected chi connectivity index (χ3v) is 3.51. The second-order valence-corrected chi connectivity index (χ2v) is 5.15. The molecule has 0 radical (unpaired) electrons. The van der Waals surface area contributed by atoms with Crippen LogP contribution >= 0.6 is 11.6 Å². The molecule has 0 bridgehead atoms. The van der Waals surface area contributed by atoms with Crippen LogP contribution < -0.4 is 10.1 Å². The molecule has 1 heterocycles. The van der Waals surface area contributed by atoms with Crippen molar-refractivity contribution in [2.45, 2.75) is 6.54 Å². The van der Waals surface area contributed by atoms with Crippen molar-refractivity contribution in [3.8, 4) is 5.75 Å². The Bertz CT molecular complexity index is 812. The molecule has 0 spiro atoms. The third-order valence-electron chi connectivity index (χ3n) is 3.33. The van der Waals surface area contributed by atoms with E-state index in [9.17, 15) is 4.79 Å². The molecule has 6 heteroatoms. The minimum atomic E-state index is -0.150. The predicted octanol–water partition coefficient (Wildman–Crippen LogP) is 3.15. The highest BCUT2D eigenvalue weighted by atomic mass is 35.5. The summed E-state index contributed by atoms with van der Waals surface area (Å²) in [7, 11) is 1.62. The average molecular weight is 316 g/mol. The Labute approximate surface area is 132 Å². The maximum atomic E-state index is 12.2. The Balaban J connectivity index is 1.69. The van der Waals surface area contributed by atoms with E-state index in [1.807, 2.05) is 24.3 Å². The predicted molar refractivity (Wildman–Crippen MR) is 85.3 cm³/mol. The molecule has 0 saturated carbocycles. The summed E-state index contributed by atoms with van der Waals surface area (Å²) in [6.45, 7) is 0.449. The Morgan fingerprint density at radius 1 is 1.27 bits per heavy atom. The molecule has 2 N–H and O–H groups in total. The van der Waals surface area contributed by atoms with Crippen LogP contribution in [0, 0.1) is 0 Å². The number of hydrogen-bond donors (Lipinski definition) is 2. The molecule has 0 aliphatic carbocycles. The van der Waals surface area contributed by atoms with E-state index in [-0.39, 0.29) is 5.91 Å². The van der Waals surface area contributed by atoms with E-state index in [1.54, 1.807) is 25.3 Å². The van der Waals surface area contributed by atoms with Gasteiger partial charge in [-0.15, -0.1) is 0 Å². The summed E-state index contributed by atoms with van der Waals surface area (Å²) in [5.41, 5.74) is 3.03. The molecule has 3 aromatic rings. The molecule has 1 amide bonds. The van der Waals surface area contributed by atoms with Gasteiger partial charge in [0.15, 0.2) is 0 Å². The van der Waals surface area contributed by atoms with Crippen LogP contribution in [0.5, 0.6) is 5.75 Å². The fraction of sp³-hybridized carbons (Fsp3) is 0.125. The molecule has 0 saturated heterocycles. The van der Waals surface area contributed by atoms with Gasteiger partial charge in [0.1, 0.15) is 5.75 Å². The summed E-state index contributed by atoms with van der Waals surface area (Å²) >= 11 is 5.80. The number of ether oxygens (including phenoxy) is 1. The maximum absolute atomic E-state index is 12.2. The van der Waals surface area contributed by atoms with Gasteiger partial charge < -0.3 is 15.0 Å². The van der Waals surface area contributed by atoms with Crippen molar-refractivity contribution in [3.63, 3.8) is 0 Å². The molecule has 5 nitrogen and oxygen atoms in total. The Morgan fingerprint density at radius 2 is 2.05 bits per heavy atom. The summed E-state index contributed by atoms with van der Waals surface area (Å²) in [6, 6.07) is 12.8. The van der Waals surface area contributed by atoms with Crippen molar-refractivity contribution in [2.75, 3.05) is 7.11 Å². The van der Waals surface area contributed by atoms with Crippen LogP contribution in [0.3, 0.4) is 0 Å². The van der Waals surface area contributed by atoms with Crippen LogP contribution in [0.15, 0.2) is 42.5 Å². The minimum absolute atomic E-state index is 0.150. The van der Waals surface area contributed by atoms with Gasteiger partial charge in [-0.1, -0.05) is 12.1 Å². The first kappa shape index (κ1) is 14.4. The number of H-pyrrole nitrogens is 1. The lowest BCUT2D eigenvalue weighted by Gasteiger charge is -2.06. The molecule has 112 valence electrons. The standard InChI is InChI=1S/C16H14ClN3O2/c1-22-12-5-2-10(3-6-12)9-18-15(21)11-4-7-13-14(8-11)20-16(17)19-13/h2-8H,9H2,1H3,(H,18,21)(H,19,20). The van der Waals surface area contributed by atoms with Crippen LogP contribution in [0.4, 0.5) is 0 Å². The second kappa shape index (κ2) is 6.07. The summed E-state index contributed by atoms with van der Waals surface area (Å²) in [5, 5.41) is 3.19. The smallest absolute Gasteiger partial charge is 0.251 e. The van der Waals surface area contributed by atoms with E-state index >= 15 is 0 Å². The van der Waals surface area contributed by atoms with E-state index in [4.69, 9.17) is 16.3 Å². The zero-order valence-electron chi connectivity index (χ0n) is 11.9. The van der Waals surface area contributed by atoms with Gasteiger partial charge in [-0.25, -0.2) is 4.98 Å². The molecule has 0 fully saturated rings. The Kier molecular flexibility index (Phi) is 3.98. The molecule has 22 heavy (non-hydrogen) atoms. The van der Waals surface area contributed by atoms with Crippen molar-refractivity contribution < 1.29 is 9.53 Å². The molecular formula is C16H14ClN3O2. The SMILES string of the molecule is COc1ccc(CNC(=O)c2ccc3nc(Cl)[nH]c3c2)cc1. The molecule has 0 aliphatic rings. The lowest BCUT2D eigenvalue weighted by Crippen LogP contribution is -2.22. The fourth-order valence-electron chi connectivity index (χ4n) is 2.15. The number of halogens is 1. The molecule has 0 aliphatic heterocycles. The topological polar surface area (TPSA) is 67.0 Å². The van der Waals surface area contributed by atoms with Gasteiger partial charge in [0.2, 0.25) is 5.28 Å². The number of carbonyl (C=O) groups is 1. The van der Waals surface area contributed by atoms with Crippen molar-refractivity contribution in [1.29, 1.82) is 0 Å². The van der Waals surface area contributed by atoms with Crippen LogP contribution in [0.2, 0.25) is 5.28 Å². The maximum Gasteiger partial charge on any atom is 0.251 e. The monoisotopic (exact) mass is 315 g/mol. The number of carbonyl (C=O) groups excluding carboxylic acids is 1. The zero-order chi connectivity index (χ0) is 15.5. The van der Waals surface area contributed by atoms with E-state index in [0.717, 1.165) is 22.3 Å². The van der Waals surface area contributed by atoms with E-state index in [1.165, 1.54) is 0 Å². The normalized spacial score (nSPS) is 10.6. The summed E-state index contributed by atoms with van der Waals surface area (Å²) in [5.74, 6) is 0.639. The minimum Gasteiger partial charge on any atom is -0.497 e. The number of rotatable bonds is 4. The van der Waals surface area contributed by atoms with Crippen molar-refractivity contribution >= 4 is 28.5 Å². The number of nitrogens with zero attached hydrogens (tertiary/aromatic N) is 1. The van der Waals surface area contributed by atoms with Gasteiger partial charge in [0.25, 0.3) is 5.91 Å². The fourth-order valence-corrected chi connectivity index (χ4v) is 2.34. The van der Waals surface area contributed by atoms with E-state index < -0.39 is 0 Å². The molecule has 3 rings (SSSR count). The molecule has 0 unspecified atom stereocenters. The largest absolute Gasteiger partial charge is 0.497 e. The van der Waals surface area contributed by atoms with Gasteiger partial charge in [0, 0.05) is 12.1 Å². The van der Waals surface area contributed by atoms with E-state index in [2.05, 4.69) is 15.3 Å². The summed E-state index contributed by atoms with van der Waals surface area (Å²) in [6.07, 6.45) is 0. The highest BCUT2D eigenvalue weighted by Crippen LogP contribution is 2.16. The number of hydrogen-bond acceptors (Lipinski definition) is 3. The van der Waals surface area contributed by atoms with Crippen LogP contribution in [-0.2, 0) is 6.54 Å². The second-order valence-electron chi connectivity index (χ2n) is 4.79. The number of aromatic nitrogens is 2. The van der Waals surface area contributed by atoms with Crippen LogP contribution in [0.25, 0.3) is 11.0 Å². The third kappa shape index (κ3) is 3.04. The van der Waals surface area contributed by atoms with Gasteiger partial charge in [0.05, 0.1) is 18.1 Å². The first-order valence-corrected chi connectivity index (χ1v) is 7.10. The summed E-state index contributed by atoms with van der Waals surface area (Å²) < 4.78 is 5.10. The number of imidazole rings is 1. The molecule has 1 aromatic heterocycles. The number of aromatic amines is 1. The average Bonchev–Trinajstić information content (AvgIpc) is 2.92. The Hall–Kier alpha value is -2.53. The highest BCUT2D eigenvalue weighted by molar-refractivity contribution is 6.29. The number of nitrogens with one attached hydrogen (secondary N) is 2. The first-order valence-electron chi connectivity index (χ1n) is 6.72. The number of amides is 1. The molecule has 2 aromatic carbocycles. The Morgan fingerprint density at radius 3 is 2.77 bits per heavy atom. The summed E-state index contributed by atoms with van der Waals surface area (Å²) in [4.78, 5) is 19.2. The quantitative estimate of drug-likeness (QED) is 0.777. The van der Waals surface area contributed by atoms with Crippen LogP contribution in [-0.4, -0.2) is 23.0 Å². The highest BCUT2D eigenvalue weighted by Gasteiger charge is 2.08. The molecule has 0 atom stereocenters. The first-order chi connectivity index (χ1) is 10.7. The lowest BCUT2D eigenvalue weighted by molar-refractivity contribution is 0.0951. The van der Waals surface area contributed by atoms with E-state index in [0.29, 0.717) is 17.4 Å². The van der Waals surface area contributed by atoms with Gasteiger partial charge in [-0.05, 0) is 47.5 Å². The van der Waals surface area contributed by atoms with Gasteiger partial charge >= 0.3 is 0 Å². The molecular weight excluding hydrogens is 302 g/mol. The van der Waals surface area contributed by atoms with Crippen LogP contribution in [0.1, 0.15) is 15.9 Å². The number of fused-ring (bicyclic) bond motifs is 1. The van der Waals surface area contributed by atoms with Crippen molar-refractivity contribution in [2.24, 2.45) is 0 Å². The van der Waals surface area contributed by atoms with Crippen molar-refractivity contribution in [3.05, 3.63) is 58.9 Å². The van der Waals surface area contributed by atoms with Gasteiger partial charge in [-0.2, -0.15) is 0 Å². The van der Waals surface area contributed by atoms with Gasteiger partial charge in [-0.3, -0.25) is 4.79 Å².